The predicted molar refractivity (Wildman–Crippen MR) is 216 cm³/mol. The third-order valence-corrected chi connectivity index (χ3v) is 10.3. The Bertz CT molecular complexity index is 3220. The topological polar surface area (TPSA) is 68.9 Å². The Morgan fingerprint density at radius 2 is 1.19 bits per heavy atom. The molecule has 0 N–H and O–H groups in total. The zero-order chi connectivity index (χ0) is 34.9. The van der Waals surface area contributed by atoms with Gasteiger partial charge in [0.2, 0.25) is 0 Å². The van der Waals surface area contributed by atoms with E-state index in [9.17, 15) is 0 Å². The zero-order valence-electron chi connectivity index (χ0n) is 28.3. The van der Waals surface area contributed by atoms with E-state index >= 15 is 0 Å². The van der Waals surface area contributed by atoms with Crippen LogP contribution in [0.3, 0.4) is 0 Å². The van der Waals surface area contributed by atoms with Gasteiger partial charge in [-0.15, -0.1) is 0 Å². The Labute approximate surface area is 303 Å². The number of hydrogen-bond donors (Lipinski definition) is 0. The molecule has 0 unspecified atom stereocenters. The second-order valence-electron chi connectivity index (χ2n) is 13.4. The molecule has 0 fully saturated rings. The van der Waals surface area contributed by atoms with Crippen LogP contribution >= 0.6 is 0 Å². The molecular formula is C47H28N6. The van der Waals surface area contributed by atoms with E-state index in [-0.39, 0.29) is 0 Å². The lowest BCUT2D eigenvalue weighted by atomic mass is 9.96. The van der Waals surface area contributed by atoms with Crippen molar-refractivity contribution in [1.29, 1.82) is 0 Å². The highest BCUT2D eigenvalue weighted by Crippen LogP contribution is 2.37. The maximum Gasteiger partial charge on any atom is 0.146 e. The fourth-order valence-electron chi connectivity index (χ4n) is 7.71. The summed E-state index contributed by atoms with van der Waals surface area (Å²) in [6.45, 7) is 0. The number of para-hydroxylation sites is 1. The van der Waals surface area contributed by atoms with Crippen LogP contribution in [0, 0.1) is 0 Å². The summed E-state index contributed by atoms with van der Waals surface area (Å²) in [6.07, 6.45) is 7.85. The quantitative estimate of drug-likeness (QED) is 0.174. The van der Waals surface area contributed by atoms with Gasteiger partial charge in [0.05, 0.1) is 39.1 Å². The van der Waals surface area contributed by atoms with Crippen LogP contribution in [-0.2, 0) is 0 Å². The van der Waals surface area contributed by atoms with Crippen molar-refractivity contribution in [3.8, 4) is 44.9 Å². The van der Waals surface area contributed by atoms with Gasteiger partial charge in [-0.1, -0.05) is 97.1 Å². The van der Waals surface area contributed by atoms with Crippen molar-refractivity contribution < 1.29 is 0 Å². The minimum Gasteiger partial charge on any atom is -0.306 e. The normalized spacial score (nSPS) is 11.8. The first-order chi connectivity index (χ1) is 26.2. The first-order valence-corrected chi connectivity index (χ1v) is 17.7. The molecule has 6 aromatic heterocycles. The monoisotopic (exact) mass is 676 g/mol. The fourth-order valence-corrected chi connectivity index (χ4v) is 7.71. The Balaban J connectivity index is 0.977. The second kappa shape index (κ2) is 11.6. The molecule has 0 amide bonds. The van der Waals surface area contributed by atoms with Crippen molar-refractivity contribution >= 4 is 60.0 Å². The average Bonchev–Trinajstić information content (AvgIpc) is 3.68. The molecule has 0 aliphatic heterocycles. The molecule has 0 spiro atoms. The van der Waals surface area contributed by atoms with Gasteiger partial charge in [0, 0.05) is 73.8 Å². The summed E-state index contributed by atoms with van der Waals surface area (Å²) < 4.78 is 2.12. The molecule has 0 atom stereocenters. The van der Waals surface area contributed by atoms with Crippen LogP contribution in [0.25, 0.3) is 105 Å². The summed E-state index contributed by atoms with van der Waals surface area (Å²) in [5.41, 5.74) is 12.9. The molecule has 6 heterocycles. The Kier molecular flexibility index (Phi) is 6.45. The molecule has 0 aliphatic carbocycles. The van der Waals surface area contributed by atoms with E-state index < -0.39 is 0 Å². The molecular weight excluding hydrogens is 649 g/mol. The summed E-state index contributed by atoms with van der Waals surface area (Å²) in [7, 11) is 0. The van der Waals surface area contributed by atoms with Crippen molar-refractivity contribution in [3.63, 3.8) is 0 Å². The SMILES string of the molecule is c1ccc(-c2cn3ccc4c(-c5ccc(-c6ccc7cc(-c8cc9cccnc9c9ncccc89)ccc7n6)cc5)nc5ccccc5c4c3n2)cc1. The third kappa shape index (κ3) is 4.77. The van der Waals surface area contributed by atoms with Crippen LogP contribution in [0.1, 0.15) is 0 Å². The fraction of sp³-hybridized carbons (Fsp3) is 0. The number of pyridine rings is 5. The largest absolute Gasteiger partial charge is 0.306 e. The molecule has 0 aliphatic rings. The standard InChI is InChI=1S/C47H28N6/c1-2-8-29(9-3-1)42-28-53-25-22-37-43(47(53)52-42)36-11-4-5-13-41(36)51-44(37)31-16-14-30(15-17-31)39-21-19-33-26-32(18-20-40(33)50-39)38-27-34-10-6-23-48-45(34)46-35(38)12-7-24-49-46/h1-28H. The van der Waals surface area contributed by atoms with Gasteiger partial charge in [-0.05, 0) is 59.7 Å². The summed E-state index contributed by atoms with van der Waals surface area (Å²) in [4.78, 5) is 24.8. The van der Waals surface area contributed by atoms with Crippen LogP contribution in [0.2, 0.25) is 0 Å². The van der Waals surface area contributed by atoms with Crippen LogP contribution in [0.5, 0.6) is 0 Å². The summed E-state index contributed by atoms with van der Waals surface area (Å²) in [5, 5.41) is 6.50. The summed E-state index contributed by atoms with van der Waals surface area (Å²) >= 11 is 0. The van der Waals surface area contributed by atoms with Crippen molar-refractivity contribution in [2.75, 3.05) is 0 Å². The van der Waals surface area contributed by atoms with Crippen LogP contribution in [-0.4, -0.2) is 29.3 Å². The molecule has 0 saturated carbocycles. The third-order valence-electron chi connectivity index (χ3n) is 10.3. The molecule has 0 saturated heterocycles. The van der Waals surface area contributed by atoms with Gasteiger partial charge in [0.15, 0.2) is 0 Å². The number of benzene rings is 5. The average molecular weight is 677 g/mol. The lowest BCUT2D eigenvalue weighted by molar-refractivity contribution is 1.20. The van der Waals surface area contributed by atoms with Gasteiger partial charge in [-0.25, -0.2) is 15.0 Å². The predicted octanol–water partition coefficient (Wildman–Crippen LogP) is 11.3. The molecule has 6 nitrogen and oxygen atoms in total. The molecule has 0 radical (unpaired) electrons. The summed E-state index contributed by atoms with van der Waals surface area (Å²) in [6, 6.07) is 50.6. The van der Waals surface area contributed by atoms with E-state index in [0.717, 1.165) is 105 Å². The van der Waals surface area contributed by atoms with Gasteiger partial charge in [0.1, 0.15) is 5.65 Å². The molecule has 53 heavy (non-hydrogen) atoms. The van der Waals surface area contributed by atoms with Crippen LogP contribution in [0.15, 0.2) is 170 Å². The van der Waals surface area contributed by atoms with Crippen molar-refractivity contribution in [3.05, 3.63) is 170 Å². The number of nitrogens with zero attached hydrogens (tertiary/aromatic N) is 6. The van der Waals surface area contributed by atoms with E-state index in [4.69, 9.17) is 19.9 Å². The minimum atomic E-state index is 0.913. The lowest BCUT2D eigenvalue weighted by Crippen LogP contribution is -1.93. The Morgan fingerprint density at radius 1 is 0.434 bits per heavy atom. The molecule has 5 aromatic carbocycles. The number of aromatic nitrogens is 6. The van der Waals surface area contributed by atoms with E-state index in [2.05, 4.69) is 131 Å². The first kappa shape index (κ1) is 29.4. The first-order valence-electron chi connectivity index (χ1n) is 17.7. The molecule has 11 aromatic rings. The van der Waals surface area contributed by atoms with Crippen LogP contribution < -0.4 is 0 Å². The van der Waals surface area contributed by atoms with Crippen molar-refractivity contribution in [2.24, 2.45) is 0 Å². The molecule has 0 bridgehead atoms. The number of rotatable bonds is 4. The van der Waals surface area contributed by atoms with Crippen LogP contribution in [0.4, 0.5) is 0 Å². The van der Waals surface area contributed by atoms with Crippen molar-refractivity contribution in [2.45, 2.75) is 0 Å². The number of hydrogen-bond acceptors (Lipinski definition) is 5. The van der Waals surface area contributed by atoms with Gasteiger partial charge in [-0.3, -0.25) is 9.97 Å². The van der Waals surface area contributed by atoms with Gasteiger partial charge in [-0.2, -0.15) is 0 Å². The number of imidazole rings is 1. The molecule has 246 valence electrons. The van der Waals surface area contributed by atoms with Gasteiger partial charge >= 0.3 is 0 Å². The smallest absolute Gasteiger partial charge is 0.146 e. The molecule has 6 heteroatoms. The van der Waals surface area contributed by atoms with E-state index in [0.29, 0.717) is 0 Å². The van der Waals surface area contributed by atoms with Crippen molar-refractivity contribution in [1.82, 2.24) is 29.3 Å². The lowest BCUT2D eigenvalue weighted by Gasteiger charge is -2.12. The Morgan fingerprint density at radius 3 is 2.09 bits per heavy atom. The minimum absolute atomic E-state index is 0.913. The highest BCUT2D eigenvalue weighted by Gasteiger charge is 2.17. The maximum absolute atomic E-state index is 5.20. The maximum atomic E-state index is 5.20. The van der Waals surface area contributed by atoms with E-state index in [1.54, 1.807) is 0 Å². The van der Waals surface area contributed by atoms with Gasteiger partial charge < -0.3 is 4.40 Å². The number of fused-ring (bicyclic) bond motifs is 9. The second-order valence-corrected chi connectivity index (χ2v) is 13.4. The highest BCUT2D eigenvalue weighted by atomic mass is 15.0. The van der Waals surface area contributed by atoms with Gasteiger partial charge in [0.25, 0.3) is 0 Å². The Hall–Kier alpha value is -7.31. The zero-order valence-corrected chi connectivity index (χ0v) is 28.3. The highest BCUT2D eigenvalue weighted by molar-refractivity contribution is 6.17. The molecule has 11 rings (SSSR count). The summed E-state index contributed by atoms with van der Waals surface area (Å²) in [5.74, 6) is 0. The van der Waals surface area contributed by atoms with E-state index in [1.807, 2.05) is 48.8 Å². The van der Waals surface area contributed by atoms with E-state index in [1.165, 1.54) is 0 Å².